The zero-order valence-electron chi connectivity index (χ0n) is 11.0. The van der Waals surface area contributed by atoms with Gasteiger partial charge in [-0.25, -0.2) is 4.79 Å². The van der Waals surface area contributed by atoms with E-state index in [4.69, 9.17) is 10.5 Å². The summed E-state index contributed by atoms with van der Waals surface area (Å²) in [6.45, 7) is -0.368. The lowest BCUT2D eigenvalue weighted by atomic mass is 9.86. The van der Waals surface area contributed by atoms with E-state index in [1.165, 1.54) is 6.20 Å². The summed E-state index contributed by atoms with van der Waals surface area (Å²) < 4.78 is 42.3. The number of alkyl halides is 3. The molecule has 6 nitrogen and oxygen atoms in total. The van der Waals surface area contributed by atoms with Crippen molar-refractivity contribution in [2.75, 3.05) is 7.11 Å². The second-order valence-electron chi connectivity index (χ2n) is 4.34. The molecule has 0 saturated heterocycles. The number of rotatable bonds is 5. The van der Waals surface area contributed by atoms with Gasteiger partial charge in [0.2, 0.25) is 0 Å². The minimum absolute atomic E-state index is 0.0816. The van der Waals surface area contributed by atoms with Gasteiger partial charge in [0.1, 0.15) is 0 Å². The van der Waals surface area contributed by atoms with E-state index in [2.05, 4.69) is 9.84 Å². The van der Waals surface area contributed by atoms with Crippen LogP contribution in [0.1, 0.15) is 23.2 Å². The van der Waals surface area contributed by atoms with Gasteiger partial charge in [-0.3, -0.25) is 4.68 Å². The average molecular weight is 300 g/mol. The summed E-state index contributed by atoms with van der Waals surface area (Å²) in [6.07, 6.45) is -4.02. The van der Waals surface area contributed by atoms with Crippen LogP contribution in [0.15, 0.2) is 12.4 Å². The van der Waals surface area contributed by atoms with Gasteiger partial charge in [-0.1, -0.05) is 0 Å². The van der Waals surface area contributed by atoms with Crippen molar-refractivity contribution in [3.63, 3.8) is 0 Å². The first-order chi connectivity index (χ1) is 9.75. The Morgan fingerprint density at radius 3 is 2.48 bits per heavy atom. The van der Waals surface area contributed by atoms with Crippen LogP contribution in [0.3, 0.4) is 0 Å². The molecule has 0 amide bonds. The molecule has 0 unspecified atom stereocenters. The number of carbonyl (C=O) groups excluding carboxylic acids is 1. The Hall–Kier alpha value is -2.55. The molecule has 0 aliphatic heterocycles. The van der Waals surface area contributed by atoms with Gasteiger partial charge in [-0.2, -0.15) is 28.8 Å². The van der Waals surface area contributed by atoms with Crippen LogP contribution in [0, 0.1) is 28.1 Å². The zero-order chi connectivity index (χ0) is 16.1. The van der Waals surface area contributed by atoms with Crippen LogP contribution in [0.5, 0.6) is 0 Å². The predicted octanol–water partition coefficient (Wildman–Crippen LogP) is 2.05. The number of esters is 1. The van der Waals surface area contributed by atoms with E-state index in [1.54, 1.807) is 12.1 Å². The second kappa shape index (κ2) is 6.27. The molecule has 0 aromatic carbocycles. The first-order valence-electron chi connectivity index (χ1n) is 5.75. The van der Waals surface area contributed by atoms with Crippen molar-refractivity contribution in [3.8, 4) is 12.1 Å². The molecule has 21 heavy (non-hydrogen) atoms. The van der Waals surface area contributed by atoms with Crippen molar-refractivity contribution in [2.45, 2.75) is 25.6 Å². The SMILES string of the molecule is COC(=O)c1cnn(CC(C#N)(C#N)CCC(F)(F)F)c1. The molecule has 0 bridgehead atoms. The molecule has 0 aliphatic carbocycles. The Labute approximate surface area is 118 Å². The van der Waals surface area contributed by atoms with E-state index >= 15 is 0 Å². The molecule has 0 fully saturated rings. The lowest BCUT2D eigenvalue weighted by molar-refractivity contribution is -0.138. The maximum atomic E-state index is 12.3. The molecule has 0 atom stereocenters. The van der Waals surface area contributed by atoms with Crippen LogP contribution in [-0.4, -0.2) is 29.0 Å². The number of aromatic nitrogens is 2. The molecule has 0 spiro atoms. The molecule has 112 valence electrons. The quantitative estimate of drug-likeness (QED) is 0.776. The molecule has 1 aromatic heterocycles. The number of nitriles is 2. The van der Waals surface area contributed by atoms with Gasteiger partial charge in [0.05, 0.1) is 37.6 Å². The van der Waals surface area contributed by atoms with Gasteiger partial charge in [0.15, 0.2) is 5.41 Å². The van der Waals surface area contributed by atoms with Crippen molar-refractivity contribution >= 4 is 5.97 Å². The van der Waals surface area contributed by atoms with Crippen molar-refractivity contribution in [3.05, 3.63) is 18.0 Å². The summed E-state index contributed by atoms with van der Waals surface area (Å²) in [5.41, 5.74) is -1.78. The van der Waals surface area contributed by atoms with Crippen molar-refractivity contribution in [2.24, 2.45) is 5.41 Å². The Bertz CT molecular complexity index is 581. The fourth-order valence-corrected chi connectivity index (χ4v) is 1.59. The van der Waals surface area contributed by atoms with Crippen LogP contribution in [-0.2, 0) is 11.3 Å². The topological polar surface area (TPSA) is 91.7 Å². The van der Waals surface area contributed by atoms with Gasteiger partial charge in [0.25, 0.3) is 0 Å². The van der Waals surface area contributed by atoms with Gasteiger partial charge in [-0.05, 0) is 6.42 Å². The third-order valence-electron chi connectivity index (χ3n) is 2.75. The fraction of sp³-hybridized carbons (Fsp3) is 0.500. The van der Waals surface area contributed by atoms with E-state index < -0.39 is 30.4 Å². The molecule has 0 radical (unpaired) electrons. The lowest BCUT2D eigenvalue weighted by Crippen LogP contribution is -2.26. The molecule has 1 heterocycles. The Kier molecular flexibility index (Phi) is 4.93. The highest BCUT2D eigenvalue weighted by Crippen LogP contribution is 2.31. The van der Waals surface area contributed by atoms with Gasteiger partial charge in [-0.15, -0.1) is 0 Å². The van der Waals surface area contributed by atoms with E-state index in [1.807, 2.05) is 0 Å². The summed E-state index contributed by atoms with van der Waals surface area (Å²) in [7, 11) is 1.16. The summed E-state index contributed by atoms with van der Waals surface area (Å²) in [5.74, 6) is -0.670. The predicted molar refractivity (Wildman–Crippen MR) is 62.5 cm³/mol. The lowest BCUT2D eigenvalue weighted by Gasteiger charge is -2.19. The third-order valence-corrected chi connectivity index (χ3v) is 2.75. The Morgan fingerprint density at radius 1 is 1.38 bits per heavy atom. The third kappa shape index (κ3) is 4.49. The van der Waals surface area contributed by atoms with Crippen LogP contribution >= 0.6 is 0 Å². The highest BCUT2D eigenvalue weighted by atomic mass is 19.4. The van der Waals surface area contributed by atoms with Crippen molar-refractivity contribution < 1.29 is 22.7 Å². The van der Waals surface area contributed by atoms with Gasteiger partial charge >= 0.3 is 12.1 Å². The number of carbonyl (C=O) groups is 1. The van der Waals surface area contributed by atoms with Crippen molar-refractivity contribution in [1.29, 1.82) is 10.5 Å². The summed E-state index contributed by atoms with van der Waals surface area (Å²) in [4.78, 5) is 11.2. The van der Waals surface area contributed by atoms with E-state index in [0.29, 0.717) is 0 Å². The van der Waals surface area contributed by atoms with Crippen molar-refractivity contribution in [1.82, 2.24) is 9.78 Å². The van der Waals surface area contributed by atoms with E-state index in [-0.39, 0.29) is 12.1 Å². The maximum Gasteiger partial charge on any atom is 0.389 e. The molecule has 0 N–H and O–H groups in total. The van der Waals surface area contributed by atoms with Gasteiger partial charge in [0, 0.05) is 12.6 Å². The van der Waals surface area contributed by atoms with Crippen LogP contribution in [0.2, 0.25) is 0 Å². The zero-order valence-corrected chi connectivity index (χ0v) is 11.0. The molecule has 1 aromatic rings. The number of hydrogen-bond donors (Lipinski definition) is 0. The summed E-state index contributed by atoms with van der Waals surface area (Å²) >= 11 is 0. The second-order valence-corrected chi connectivity index (χ2v) is 4.34. The number of hydrogen-bond acceptors (Lipinski definition) is 5. The molecule has 0 saturated carbocycles. The highest BCUT2D eigenvalue weighted by molar-refractivity contribution is 5.88. The van der Waals surface area contributed by atoms with E-state index in [9.17, 15) is 18.0 Å². The molecule has 9 heteroatoms. The number of halogens is 3. The monoisotopic (exact) mass is 300 g/mol. The van der Waals surface area contributed by atoms with Crippen LogP contribution in [0.25, 0.3) is 0 Å². The minimum Gasteiger partial charge on any atom is -0.465 e. The first kappa shape index (κ1) is 16.5. The van der Waals surface area contributed by atoms with E-state index in [0.717, 1.165) is 18.0 Å². The average Bonchev–Trinajstić information content (AvgIpc) is 2.90. The first-order valence-corrected chi connectivity index (χ1v) is 5.75. The normalized spacial score (nSPS) is 11.5. The van der Waals surface area contributed by atoms with Crippen LogP contribution < -0.4 is 0 Å². The number of ether oxygens (including phenoxy) is 1. The smallest absolute Gasteiger partial charge is 0.389 e. The summed E-state index contributed by atoms with van der Waals surface area (Å²) in [5, 5.41) is 21.8. The summed E-state index contributed by atoms with van der Waals surface area (Å²) in [6, 6.07) is 3.20. The Morgan fingerprint density at radius 2 is 2.00 bits per heavy atom. The molecular weight excluding hydrogens is 289 g/mol. The maximum absolute atomic E-state index is 12.3. The Balaban J connectivity index is 2.89. The number of nitrogens with zero attached hydrogens (tertiary/aromatic N) is 4. The fourth-order valence-electron chi connectivity index (χ4n) is 1.59. The number of methoxy groups -OCH3 is 1. The molecule has 0 aliphatic rings. The highest BCUT2D eigenvalue weighted by Gasteiger charge is 2.37. The van der Waals surface area contributed by atoms with Gasteiger partial charge < -0.3 is 4.74 Å². The minimum atomic E-state index is -4.46. The van der Waals surface area contributed by atoms with Crippen LogP contribution in [0.4, 0.5) is 13.2 Å². The standard InChI is InChI=1S/C12H11F3N4O2/c1-21-10(20)9-4-18-19(5-9)8-11(6-16,7-17)2-3-12(13,14)15/h4-5H,2-3,8H2,1H3. The largest absolute Gasteiger partial charge is 0.465 e. The molecule has 1 rings (SSSR count). The molecular formula is C12H11F3N4O2.